The molecule has 0 bridgehead atoms. The SMILES string of the molecule is O=C(CCN1C(=O)c2ccccc2C1=O)NNC(=S)Nc1ccc(Cl)cc1. The molecule has 7 nitrogen and oxygen atoms in total. The summed E-state index contributed by atoms with van der Waals surface area (Å²) in [6.07, 6.45) is -0.0535. The number of hydrazine groups is 1. The highest BCUT2D eigenvalue weighted by Crippen LogP contribution is 2.22. The Hall–Kier alpha value is -2.97. The highest BCUT2D eigenvalue weighted by Gasteiger charge is 2.34. The quantitative estimate of drug-likeness (QED) is 0.413. The van der Waals surface area contributed by atoms with Gasteiger partial charge in [-0.1, -0.05) is 23.7 Å². The Bertz CT molecular complexity index is 882. The molecule has 0 unspecified atom stereocenters. The first-order chi connectivity index (χ1) is 13.0. The summed E-state index contributed by atoms with van der Waals surface area (Å²) < 4.78 is 0. The maximum atomic E-state index is 12.2. The highest BCUT2D eigenvalue weighted by molar-refractivity contribution is 7.80. The molecule has 0 aromatic heterocycles. The predicted octanol–water partition coefficient (Wildman–Crippen LogP) is 2.34. The minimum atomic E-state index is -0.410. The van der Waals surface area contributed by atoms with E-state index in [-0.39, 0.29) is 18.1 Å². The third-order valence-electron chi connectivity index (χ3n) is 3.86. The van der Waals surface area contributed by atoms with Crippen LogP contribution in [0.5, 0.6) is 0 Å². The zero-order valence-electron chi connectivity index (χ0n) is 14.0. The van der Waals surface area contributed by atoms with Gasteiger partial charge >= 0.3 is 0 Å². The Morgan fingerprint density at radius 1 is 0.963 bits per heavy atom. The normalized spacial score (nSPS) is 12.6. The zero-order chi connectivity index (χ0) is 19.4. The third-order valence-corrected chi connectivity index (χ3v) is 4.31. The smallest absolute Gasteiger partial charge is 0.261 e. The number of thiocarbonyl (C=S) groups is 1. The molecule has 1 aliphatic rings. The van der Waals surface area contributed by atoms with Crippen molar-refractivity contribution in [1.82, 2.24) is 15.8 Å². The van der Waals surface area contributed by atoms with Crippen LogP contribution in [0, 0.1) is 0 Å². The summed E-state index contributed by atoms with van der Waals surface area (Å²) in [7, 11) is 0. The molecule has 0 fully saturated rings. The second-order valence-corrected chi connectivity index (χ2v) is 6.54. The molecule has 2 aromatic rings. The minimum absolute atomic E-state index is 0.0166. The first-order valence-electron chi connectivity index (χ1n) is 8.02. The van der Waals surface area contributed by atoms with Gasteiger partial charge in [-0.2, -0.15) is 0 Å². The van der Waals surface area contributed by atoms with E-state index in [4.69, 9.17) is 23.8 Å². The van der Waals surface area contributed by atoms with Gasteiger partial charge in [0.1, 0.15) is 0 Å². The number of carbonyl (C=O) groups excluding carboxylic acids is 3. The summed E-state index contributed by atoms with van der Waals surface area (Å²) >= 11 is 10.9. The molecule has 27 heavy (non-hydrogen) atoms. The van der Waals surface area contributed by atoms with Crippen LogP contribution in [0.15, 0.2) is 48.5 Å². The van der Waals surface area contributed by atoms with E-state index < -0.39 is 17.7 Å². The van der Waals surface area contributed by atoms with Crippen LogP contribution in [0.4, 0.5) is 5.69 Å². The lowest BCUT2D eigenvalue weighted by molar-refractivity contribution is -0.121. The van der Waals surface area contributed by atoms with Gasteiger partial charge in [-0.3, -0.25) is 30.1 Å². The molecule has 1 heterocycles. The second kappa shape index (κ2) is 8.15. The van der Waals surface area contributed by atoms with Crippen molar-refractivity contribution in [3.8, 4) is 0 Å². The maximum Gasteiger partial charge on any atom is 0.261 e. The van der Waals surface area contributed by atoms with Gasteiger partial charge < -0.3 is 5.32 Å². The molecule has 3 N–H and O–H groups in total. The van der Waals surface area contributed by atoms with Gasteiger partial charge in [0.05, 0.1) is 11.1 Å². The van der Waals surface area contributed by atoms with E-state index >= 15 is 0 Å². The predicted molar refractivity (Wildman–Crippen MR) is 105 cm³/mol. The molecule has 0 spiro atoms. The number of rotatable bonds is 4. The number of hydrogen-bond donors (Lipinski definition) is 3. The van der Waals surface area contributed by atoms with Gasteiger partial charge in [0.15, 0.2) is 5.11 Å². The van der Waals surface area contributed by atoms with Gasteiger partial charge in [-0.25, -0.2) is 0 Å². The number of carbonyl (C=O) groups is 3. The molecule has 3 amide bonds. The van der Waals surface area contributed by atoms with Crippen LogP contribution >= 0.6 is 23.8 Å². The summed E-state index contributed by atoms with van der Waals surface area (Å²) in [5.74, 6) is -1.20. The number of hydrogen-bond acceptors (Lipinski definition) is 4. The van der Waals surface area contributed by atoms with E-state index in [1.807, 2.05) is 0 Å². The first kappa shape index (κ1) is 18.8. The van der Waals surface area contributed by atoms with Crippen LogP contribution in [-0.2, 0) is 4.79 Å². The summed E-state index contributed by atoms with van der Waals surface area (Å²) in [4.78, 5) is 37.5. The number of anilines is 1. The highest BCUT2D eigenvalue weighted by atomic mass is 35.5. The van der Waals surface area contributed by atoms with E-state index in [2.05, 4.69) is 16.2 Å². The number of halogens is 1. The van der Waals surface area contributed by atoms with Crippen molar-refractivity contribution in [2.75, 3.05) is 11.9 Å². The molecular weight excluding hydrogens is 388 g/mol. The summed E-state index contributed by atoms with van der Waals surface area (Å²) in [6, 6.07) is 13.5. The number of nitrogens with zero attached hydrogens (tertiary/aromatic N) is 1. The van der Waals surface area contributed by atoms with Gasteiger partial charge in [-0.15, -0.1) is 0 Å². The second-order valence-electron chi connectivity index (χ2n) is 5.69. The van der Waals surface area contributed by atoms with Gasteiger partial charge in [-0.05, 0) is 48.6 Å². The van der Waals surface area contributed by atoms with Gasteiger partial charge in [0.2, 0.25) is 5.91 Å². The lowest BCUT2D eigenvalue weighted by Crippen LogP contribution is -2.45. The zero-order valence-corrected chi connectivity index (χ0v) is 15.6. The van der Waals surface area contributed by atoms with Crippen molar-refractivity contribution in [3.05, 3.63) is 64.7 Å². The minimum Gasteiger partial charge on any atom is -0.331 e. The van der Waals surface area contributed by atoms with Crippen molar-refractivity contribution in [2.45, 2.75) is 6.42 Å². The standard InChI is InChI=1S/C18H15ClN4O3S/c19-11-5-7-12(8-6-11)20-18(27)22-21-15(24)9-10-23-16(25)13-3-1-2-4-14(13)17(23)26/h1-8H,9-10H2,(H,21,24)(H2,20,22,27). The molecular formula is C18H15ClN4O3S. The molecule has 2 aromatic carbocycles. The largest absolute Gasteiger partial charge is 0.331 e. The van der Waals surface area contributed by atoms with E-state index in [0.29, 0.717) is 21.8 Å². The average molecular weight is 403 g/mol. The van der Waals surface area contributed by atoms with Gasteiger partial charge in [0, 0.05) is 23.7 Å². The maximum absolute atomic E-state index is 12.2. The van der Waals surface area contributed by atoms with Crippen LogP contribution in [0.25, 0.3) is 0 Å². The van der Waals surface area contributed by atoms with E-state index in [0.717, 1.165) is 4.90 Å². The van der Waals surface area contributed by atoms with Crippen LogP contribution < -0.4 is 16.2 Å². The molecule has 0 aliphatic carbocycles. The molecule has 0 atom stereocenters. The Morgan fingerprint density at radius 2 is 1.56 bits per heavy atom. The number of benzene rings is 2. The number of fused-ring (bicyclic) bond motifs is 1. The Balaban J connectivity index is 1.45. The molecule has 0 saturated carbocycles. The van der Waals surface area contributed by atoms with E-state index in [1.165, 1.54) is 0 Å². The van der Waals surface area contributed by atoms with Crippen LogP contribution in [0.1, 0.15) is 27.1 Å². The number of amides is 3. The topological polar surface area (TPSA) is 90.5 Å². The monoisotopic (exact) mass is 402 g/mol. The molecule has 0 saturated heterocycles. The lowest BCUT2D eigenvalue weighted by Gasteiger charge is -2.15. The van der Waals surface area contributed by atoms with Crippen molar-refractivity contribution in [2.24, 2.45) is 0 Å². The molecule has 3 rings (SSSR count). The van der Waals surface area contributed by atoms with Crippen molar-refractivity contribution in [1.29, 1.82) is 0 Å². The number of imide groups is 1. The average Bonchev–Trinajstić information content (AvgIpc) is 2.91. The Labute approximate surface area is 165 Å². The summed E-state index contributed by atoms with van der Waals surface area (Å²) in [5.41, 5.74) is 6.40. The molecule has 9 heteroatoms. The molecule has 138 valence electrons. The van der Waals surface area contributed by atoms with Crippen LogP contribution in [0.3, 0.4) is 0 Å². The first-order valence-corrected chi connectivity index (χ1v) is 8.81. The van der Waals surface area contributed by atoms with Crippen molar-refractivity contribution in [3.63, 3.8) is 0 Å². The third kappa shape index (κ3) is 4.42. The van der Waals surface area contributed by atoms with Crippen molar-refractivity contribution < 1.29 is 14.4 Å². The molecule has 1 aliphatic heterocycles. The van der Waals surface area contributed by atoms with Crippen molar-refractivity contribution >= 4 is 52.3 Å². The van der Waals surface area contributed by atoms with Gasteiger partial charge in [0.25, 0.3) is 11.8 Å². The molecule has 0 radical (unpaired) electrons. The fourth-order valence-electron chi connectivity index (χ4n) is 2.54. The van der Waals surface area contributed by atoms with Crippen LogP contribution in [-0.4, -0.2) is 34.3 Å². The fourth-order valence-corrected chi connectivity index (χ4v) is 2.83. The summed E-state index contributed by atoms with van der Waals surface area (Å²) in [6.45, 7) is -0.0166. The summed E-state index contributed by atoms with van der Waals surface area (Å²) in [5, 5.41) is 3.66. The van der Waals surface area contributed by atoms with Crippen LogP contribution in [0.2, 0.25) is 5.02 Å². The Morgan fingerprint density at radius 3 is 2.15 bits per heavy atom. The lowest BCUT2D eigenvalue weighted by atomic mass is 10.1. The Kier molecular flexibility index (Phi) is 5.68. The number of nitrogens with one attached hydrogen (secondary N) is 3. The fraction of sp³-hybridized carbons (Fsp3) is 0.111. The van der Waals surface area contributed by atoms with E-state index in [1.54, 1.807) is 48.5 Å². The van der Waals surface area contributed by atoms with E-state index in [9.17, 15) is 14.4 Å².